The minimum absolute atomic E-state index is 0.0210. The Kier molecular flexibility index (Phi) is 4.81. The second-order valence-corrected chi connectivity index (χ2v) is 4.82. The van der Waals surface area contributed by atoms with Crippen molar-refractivity contribution in [2.75, 3.05) is 0 Å². The van der Waals surface area contributed by atoms with E-state index in [1.54, 1.807) is 6.92 Å². The number of nitrogens with one attached hydrogen (secondary N) is 1. The summed E-state index contributed by atoms with van der Waals surface area (Å²) in [5.41, 5.74) is 1.19. The summed E-state index contributed by atoms with van der Waals surface area (Å²) in [5, 5.41) is 3.71. The van der Waals surface area contributed by atoms with Gasteiger partial charge < -0.3 is 5.32 Å². The molecule has 0 saturated heterocycles. The molecule has 1 aromatic rings. The van der Waals surface area contributed by atoms with E-state index in [4.69, 9.17) is 11.6 Å². The largest absolute Gasteiger partial charge is 0.353 e. The first-order valence-electron chi connectivity index (χ1n) is 5.50. The molecule has 1 N–H and O–H groups in total. The maximum Gasteiger partial charge on any atom is 0.217 e. The molecule has 1 rings (SSSR count). The van der Waals surface area contributed by atoms with Crippen LogP contribution in [0.5, 0.6) is 0 Å². The molecule has 16 heavy (non-hydrogen) atoms. The normalized spacial score (nSPS) is 12.6. The van der Waals surface area contributed by atoms with Crippen LogP contribution in [0.1, 0.15) is 26.3 Å². The van der Waals surface area contributed by atoms with Gasteiger partial charge in [-0.1, -0.05) is 37.6 Å². The van der Waals surface area contributed by atoms with Crippen LogP contribution in [-0.2, 0) is 11.2 Å². The third-order valence-electron chi connectivity index (χ3n) is 2.56. The lowest BCUT2D eigenvalue weighted by Gasteiger charge is -2.21. The van der Waals surface area contributed by atoms with E-state index in [1.165, 1.54) is 5.56 Å². The molecule has 0 bridgehead atoms. The molecule has 0 radical (unpaired) electrons. The smallest absolute Gasteiger partial charge is 0.217 e. The van der Waals surface area contributed by atoms with Gasteiger partial charge in [-0.05, 0) is 30.0 Å². The number of halogens is 1. The predicted octanol–water partition coefficient (Wildman–Crippen LogP) is 3.04. The first-order valence-corrected chi connectivity index (χ1v) is 5.88. The van der Waals surface area contributed by atoms with Crippen molar-refractivity contribution in [2.45, 2.75) is 33.2 Å². The Balaban J connectivity index is 2.67. The van der Waals surface area contributed by atoms with E-state index in [9.17, 15) is 4.79 Å². The third-order valence-corrected chi connectivity index (χ3v) is 2.81. The van der Waals surface area contributed by atoms with Crippen molar-refractivity contribution in [2.24, 2.45) is 5.92 Å². The molecule has 0 aliphatic heterocycles. The standard InChI is InChI=1S/C13H18ClNO/c1-9(2)13(15-10(3)16)8-11-4-6-12(14)7-5-11/h4-7,9,13H,8H2,1-3H3,(H,15,16). The number of carbonyl (C=O) groups is 1. The SMILES string of the molecule is CC(=O)NC(Cc1ccc(Cl)cc1)C(C)C. The Morgan fingerprint density at radius 1 is 1.31 bits per heavy atom. The van der Waals surface area contributed by atoms with Crippen LogP contribution in [0.15, 0.2) is 24.3 Å². The molecule has 2 nitrogen and oxygen atoms in total. The molecule has 0 aromatic heterocycles. The number of hydrogen-bond donors (Lipinski definition) is 1. The molecule has 0 spiro atoms. The van der Waals surface area contributed by atoms with Gasteiger partial charge >= 0.3 is 0 Å². The molecule has 0 saturated carbocycles. The van der Waals surface area contributed by atoms with E-state index in [-0.39, 0.29) is 11.9 Å². The highest BCUT2D eigenvalue weighted by molar-refractivity contribution is 6.30. The van der Waals surface area contributed by atoms with Gasteiger partial charge in [0, 0.05) is 18.0 Å². The lowest BCUT2D eigenvalue weighted by Crippen LogP contribution is -2.38. The van der Waals surface area contributed by atoms with Crippen LogP contribution in [0, 0.1) is 5.92 Å². The van der Waals surface area contributed by atoms with Crippen molar-refractivity contribution >= 4 is 17.5 Å². The maximum absolute atomic E-state index is 11.1. The Morgan fingerprint density at radius 3 is 2.31 bits per heavy atom. The Labute approximate surface area is 102 Å². The van der Waals surface area contributed by atoms with Gasteiger partial charge in [-0.15, -0.1) is 0 Å². The van der Waals surface area contributed by atoms with E-state index in [2.05, 4.69) is 19.2 Å². The quantitative estimate of drug-likeness (QED) is 0.860. The van der Waals surface area contributed by atoms with E-state index in [0.717, 1.165) is 11.4 Å². The molecule has 0 aliphatic rings. The van der Waals surface area contributed by atoms with Crippen molar-refractivity contribution in [3.8, 4) is 0 Å². The zero-order valence-electron chi connectivity index (χ0n) is 9.96. The summed E-state index contributed by atoms with van der Waals surface area (Å²) >= 11 is 5.83. The number of hydrogen-bond acceptors (Lipinski definition) is 1. The van der Waals surface area contributed by atoms with E-state index in [1.807, 2.05) is 24.3 Å². The van der Waals surface area contributed by atoms with Crippen molar-refractivity contribution in [1.29, 1.82) is 0 Å². The molecule has 1 aromatic carbocycles. The first kappa shape index (κ1) is 13.0. The second-order valence-electron chi connectivity index (χ2n) is 4.38. The van der Waals surface area contributed by atoms with E-state index >= 15 is 0 Å². The highest BCUT2D eigenvalue weighted by atomic mass is 35.5. The van der Waals surface area contributed by atoms with Crippen LogP contribution in [0.25, 0.3) is 0 Å². The topological polar surface area (TPSA) is 29.1 Å². The minimum Gasteiger partial charge on any atom is -0.353 e. The fourth-order valence-electron chi connectivity index (χ4n) is 1.59. The van der Waals surface area contributed by atoms with E-state index in [0.29, 0.717) is 5.92 Å². The lowest BCUT2D eigenvalue weighted by molar-refractivity contribution is -0.119. The van der Waals surface area contributed by atoms with Gasteiger partial charge in [-0.3, -0.25) is 4.79 Å². The highest BCUT2D eigenvalue weighted by Crippen LogP contribution is 2.14. The van der Waals surface area contributed by atoms with Crippen LogP contribution in [0.3, 0.4) is 0 Å². The first-order chi connectivity index (χ1) is 7.49. The number of amides is 1. The Bertz CT molecular complexity index is 345. The van der Waals surface area contributed by atoms with Gasteiger partial charge in [0.15, 0.2) is 0 Å². The van der Waals surface area contributed by atoms with Gasteiger partial charge in [0.2, 0.25) is 5.91 Å². The number of carbonyl (C=O) groups excluding carboxylic acids is 1. The molecule has 1 unspecified atom stereocenters. The zero-order chi connectivity index (χ0) is 12.1. The minimum atomic E-state index is 0.0210. The van der Waals surface area contributed by atoms with Crippen LogP contribution < -0.4 is 5.32 Å². The summed E-state index contributed by atoms with van der Waals surface area (Å²) in [6.07, 6.45) is 0.842. The highest BCUT2D eigenvalue weighted by Gasteiger charge is 2.14. The molecule has 0 aliphatic carbocycles. The van der Waals surface area contributed by atoms with Crippen LogP contribution in [-0.4, -0.2) is 11.9 Å². The monoisotopic (exact) mass is 239 g/mol. The van der Waals surface area contributed by atoms with Crippen molar-refractivity contribution in [3.05, 3.63) is 34.9 Å². The fraction of sp³-hybridized carbons (Fsp3) is 0.462. The summed E-state index contributed by atoms with van der Waals surface area (Å²) in [6, 6.07) is 7.93. The van der Waals surface area contributed by atoms with Gasteiger partial charge in [-0.25, -0.2) is 0 Å². The predicted molar refractivity (Wildman–Crippen MR) is 67.6 cm³/mol. The van der Waals surface area contributed by atoms with Crippen molar-refractivity contribution < 1.29 is 4.79 Å². The summed E-state index contributed by atoms with van der Waals surface area (Å²) in [7, 11) is 0. The molecule has 3 heteroatoms. The van der Waals surface area contributed by atoms with Gasteiger partial charge in [0.05, 0.1) is 0 Å². The van der Waals surface area contributed by atoms with Gasteiger partial charge in [0.1, 0.15) is 0 Å². The summed E-state index contributed by atoms with van der Waals surface area (Å²) in [4.78, 5) is 11.1. The summed E-state index contributed by atoms with van der Waals surface area (Å²) in [5.74, 6) is 0.437. The average Bonchev–Trinajstić information content (AvgIpc) is 2.19. The lowest BCUT2D eigenvalue weighted by atomic mass is 9.96. The molecule has 1 amide bonds. The molecular weight excluding hydrogens is 222 g/mol. The fourth-order valence-corrected chi connectivity index (χ4v) is 1.71. The van der Waals surface area contributed by atoms with E-state index < -0.39 is 0 Å². The number of rotatable bonds is 4. The average molecular weight is 240 g/mol. The second kappa shape index (κ2) is 5.90. The van der Waals surface area contributed by atoms with Crippen molar-refractivity contribution in [3.63, 3.8) is 0 Å². The summed E-state index contributed by atoms with van der Waals surface area (Å²) in [6.45, 7) is 5.77. The molecular formula is C13H18ClNO. The zero-order valence-corrected chi connectivity index (χ0v) is 10.7. The molecule has 88 valence electrons. The Morgan fingerprint density at radius 2 is 1.88 bits per heavy atom. The van der Waals surface area contributed by atoms with Crippen LogP contribution in [0.4, 0.5) is 0 Å². The number of benzene rings is 1. The molecule has 1 atom stereocenters. The van der Waals surface area contributed by atoms with Gasteiger partial charge in [-0.2, -0.15) is 0 Å². The van der Waals surface area contributed by atoms with Crippen LogP contribution in [0.2, 0.25) is 5.02 Å². The summed E-state index contributed by atoms with van der Waals surface area (Å²) < 4.78 is 0. The van der Waals surface area contributed by atoms with Crippen molar-refractivity contribution in [1.82, 2.24) is 5.32 Å². The Hall–Kier alpha value is -1.02. The maximum atomic E-state index is 11.1. The van der Waals surface area contributed by atoms with Gasteiger partial charge in [0.25, 0.3) is 0 Å². The molecule has 0 heterocycles. The van der Waals surface area contributed by atoms with Crippen LogP contribution >= 0.6 is 11.6 Å². The third kappa shape index (κ3) is 4.23. The molecule has 0 fully saturated rings.